The molecule has 1 heterocycles. The Morgan fingerprint density at radius 3 is 2.50 bits per heavy atom. The van der Waals surface area contributed by atoms with E-state index in [1.807, 2.05) is 54.3 Å². The summed E-state index contributed by atoms with van der Waals surface area (Å²) in [4.78, 5) is 14.9. The largest absolute Gasteiger partial charge is 0.493 e. The molecule has 3 atom stereocenters. The molecule has 36 heavy (non-hydrogen) atoms. The standard InChI is InChI=1S/C30H41NO5/c1-21-10-13-25(14-11-21)36-28-16-24(12-15-27(28)34-4)26-17-31(20-30(26,3)22(2)32)29(33)19-35-18-23-8-6-5-7-9-23/h5-9,12,15-16,21-22,25-26,32H,10-11,13-14,17-20H2,1-4H3/t21?,22-,25?,26?,30?/m0/s1. The van der Waals surface area contributed by atoms with Crippen LogP contribution in [-0.4, -0.2) is 54.9 Å². The second-order valence-electron chi connectivity index (χ2n) is 10.9. The third kappa shape index (κ3) is 6.04. The molecule has 1 saturated heterocycles. The van der Waals surface area contributed by atoms with Crippen molar-refractivity contribution in [2.45, 2.75) is 71.2 Å². The van der Waals surface area contributed by atoms with E-state index >= 15 is 0 Å². The summed E-state index contributed by atoms with van der Waals surface area (Å²) in [5.74, 6) is 2.13. The lowest BCUT2D eigenvalue weighted by molar-refractivity contribution is -0.136. The van der Waals surface area contributed by atoms with Gasteiger partial charge in [0, 0.05) is 24.4 Å². The Morgan fingerprint density at radius 2 is 1.83 bits per heavy atom. The average molecular weight is 496 g/mol. The van der Waals surface area contributed by atoms with E-state index in [2.05, 4.69) is 19.9 Å². The number of hydrogen-bond acceptors (Lipinski definition) is 5. The third-order valence-electron chi connectivity index (χ3n) is 8.22. The van der Waals surface area contributed by atoms with Crippen molar-refractivity contribution in [2.24, 2.45) is 11.3 Å². The van der Waals surface area contributed by atoms with Crippen molar-refractivity contribution in [3.63, 3.8) is 0 Å². The van der Waals surface area contributed by atoms with Gasteiger partial charge in [-0.1, -0.05) is 50.2 Å². The summed E-state index contributed by atoms with van der Waals surface area (Å²) in [5.41, 5.74) is 1.61. The van der Waals surface area contributed by atoms with Crippen LogP contribution >= 0.6 is 0 Å². The number of benzene rings is 2. The van der Waals surface area contributed by atoms with Crippen LogP contribution in [-0.2, 0) is 16.1 Å². The molecule has 0 bridgehead atoms. The van der Waals surface area contributed by atoms with E-state index in [-0.39, 0.29) is 24.5 Å². The first kappa shape index (κ1) is 26.5. The van der Waals surface area contributed by atoms with Crippen LogP contribution in [0.5, 0.6) is 11.5 Å². The number of methoxy groups -OCH3 is 1. The molecule has 6 nitrogen and oxygen atoms in total. The lowest BCUT2D eigenvalue weighted by Crippen LogP contribution is -2.38. The molecule has 0 aromatic heterocycles. The van der Waals surface area contributed by atoms with Crippen LogP contribution in [0.2, 0.25) is 0 Å². The summed E-state index contributed by atoms with van der Waals surface area (Å²) in [6.07, 6.45) is 4.06. The highest BCUT2D eigenvalue weighted by molar-refractivity contribution is 5.78. The zero-order valence-corrected chi connectivity index (χ0v) is 22.1. The van der Waals surface area contributed by atoms with Crippen LogP contribution in [0.25, 0.3) is 0 Å². The predicted molar refractivity (Wildman–Crippen MR) is 140 cm³/mol. The third-order valence-corrected chi connectivity index (χ3v) is 8.22. The summed E-state index contributed by atoms with van der Waals surface area (Å²) in [6.45, 7) is 7.61. The van der Waals surface area contributed by atoms with Gasteiger partial charge in [0.05, 0.1) is 25.9 Å². The zero-order valence-electron chi connectivity index (χ0n) is 22.1. The number of ether oxygens (including phenoxy) is 3. The fourth-order valence-corrected chi connectivity index (χ4v) is 5.57. The van der Waals surface area contributed by atoms with Gasteiger partial charge in [-0.25, -0.2) is 0 Å². The normalized spacial score (nSPS) is 27.0. The van der Waals surface area contributed by atoms with Gasteiger partial charge < -0.3 is 24.2 Å². The van der Waals surface area contributed by atoms with Crippen molar-refractivity contribution in [3.05, 3.63) is 59.7 Å². The van der Waals surface area contributed by atoms with Crippen LogP contribution in [0.3, 0.4) is 0 Å². The molecule has 0 radical (unpaired) electrons. The van der Waals surface area contributed by atoms with E-state index < -0.39 is 11.5 Å². The van der Waals surface area contributed by atoms with Crippen molar-refractivity contribution < 1.29 is 24.1 Å². The highest BCUT2D eigenvalue weighted by Gasteiger charge is 2.48. The number of carbonyl (C=O) groups is 1. The number of aliphatic hydroxyl groups is 1. The Kier molecular flexibility index (Phi) is 8.58. The molecule has 196 valence electrons. The van der Waals surface area contributed by atoms with E-state index in [1.165, 1.54) is 12.8 Å². The van der Waals surface area contributed by atoms with E-state index in [1.54, 1.807) is 7.11 Å². The van der Waals surface area contributed by atoms with Crippen LogP contribution < -0.4 is 9.47 Å². The van der Waals surface area contributed by atoms with Crippen LogP contribution in [0, 0.1) is 11.3 Å². The number of amides is 1. The topological polar surface area (TPSA) is 68.2 Å². The Hall–Kier alpha value is -2.57. The lowest BCUT2D eigenvalue weighted by atomic mass is 9.72. The quantitative estimate of drug-likeness (QED) is 0.519. The molecule has 2 fully saturated rings. The highest BCUT2D eigenvalue weighted by Crippen LogP contribution is 2.47. The van der Waals surface area contributed by atoms with Crippen molar-refractivity contribution in [1.82, 2.24) is 4.90 Å². The van der Waals surface area contributed by atoms with Gasteiger partial charge in [0.1, 0.15) is 6.61 Å². The van der Waals surface area contributed by atoms with E-state index in [9.17, 15) is 9.90 Å². The number of hydrogen-bond donors (Lipinski definition) is 1. The monoisotopic (exact) mass is 495 g/mol. The van der Waals surface area contributed by atoms with E-state index in [4.69, 9.17) is 14.2 Å². The van der Waals surface area contributed by atoms with Gasteiger partial charge in [-0.05, 0) is 61.8 Å². The molecule has 1 N–H and O–H groups in total. The summed E-state index contributed by atoms with van der Waals surface area (Å²) < 4.78 is 17.8. The van der Waals surface area contributed by atoms with Gasteiger partial charge in [-0.3, -0.25) is 4.79 Å². The smallest absolute Gasteiger partial charge is 0.248 e. The molecular formula is C30H41NO5. The summed E-state index contributed by atoms with van der Waals surface area (Å²) in [5, 5.41) is 10.8. The fraction of sp³-hybridized carbons (Fsp3) is 0.567. The van der Waals surface area contributed by atoms with Crippen molar-refractivity contribution in [3.8, 4) is 11.5 Å². The van der Waals surface area contributed by atoms with Crippen molar-refractivity contribution in [1.29, 1.82) is 0 Å². The molecule has 2 unspecified atom stereocenters. The second-order valence-corrected chi connectivity index (χ2v) is 10.9. The molecule has 1 saturated carbocycles. The Bertz CT molecular complexity index is 1000. The van der Waals surface area contributed by atoms with Crippen molar-refractivity contribution in [2.75, 3.05) is 26.8 Å². The van der Waals surface area contributed by atoms with Crippen LogP contribution in [0.4, 0.5) is 0 Å². The molecule has 2 aliphatic rings. The highest BCUT2D eigenvalue weighted by atomic mass is 16.5. The van der Waals surface area contributed by atoms with Gasteiger partial charge in [0.15, 0.2) is 11.5 Å². The Labute approximate surface area is 215 Å². The molecule has 4 rings (SSSR count). The average Bonchev–Trinajstić information content (AvgIpc) is 3.25. The number of nitrogens with zero attached hydrogens (tertiary/aromatic N) is 1. The maximum absolute atomic E-state index is 13.1. The molecule has 0 spiro atoms. The minimum atomic E-state index is -0.586. The Morgan fingerprint density at radius 1 is 1.11 bits per heavy atom. The lowest BCUT2D eigenvalue weighted by Gasteiger charge is -2.34. The first-order valence-electron chi connectivity index (χ1n) is 13.2. The molecule has 1 aliphatic heterocycles. The molecule has 6 heteroatoms. The first-order valence-corrected chi connectivity index (χ1v) is 13.2. The summed E-state index contributed by atoms with van der Waals surface area (Å²) in [7, 11) is 1.66. The molecule has 2 aromatic carbocycles. The molecular weight excluding hydrogens is 454 g/mol. The maximum atomic E-state index is 13.1. The molecule has 1 aliphatic carbocycles. The van der Waals surface area contributed by atoms with Crippen LogP contribution in [0.1, 0.15) is 63.5 Å². The molecule has 2 aromatic rings. The van der Waals surface area contributed by atoms with E-state index in [0.717, 1.165) is 41.4 Å². The van der Waals surface area contributed by atoms with E-state index in [0.29, 0.717) is 19.7 Å². The van der Waals surface area contributed by atoms with Gasteiger partial charge in [0.2, 0.25) is 5.91 Å². The minimum Gasteiger partial charge on any atom is -0.493 e. The second kappa shape index (κ2) is 11.7. The Balaban J connectivity index is 1.47. The number of aliphatic hydroxyl groups excluding tert-OH is 1. The first-order chi connectivity index (χ1) is 17.3. The summed E-state index contributed by atoms with van der Waals surface area (Å²) in [6, 6.07) is 15.9. The minimum absolute atomic E-state index is 0.0224. The predicted octanol–water partition coefficient (Wildman–Crippen LogP) is 5.18. The summed E-state index contributed by atoms with van der Waals surface area (Å²) >= 11 is 0. The van der Waals surface area contributed by atoms with Crippen LogP contribution in [0.15, 0.2) is 48.5 Å². The zero-order chi connectivity index (χ0) is 25.7. The van der Waals surface area contributed by atoms with Gasteiger partial charge in [-0.2, -0.15) is 0 Å². The fourth-order valence-electron chi connectivity index (χ4n) is 5.57. The molecule has 1 amide bonds. The number of rotatable bonds is 9. The van der Waals surface area contributed by atoms with Gasteiger partial charge in [0.25, 0.3) is 0 Å². The van der Waals surface area contributed by atoms with Gasteiger partial charge >= 0.3 is 0 Å². The van der Waals surface area contributed by atoms with Gasteiger partial charge in [-0.15, -0.1) is 0 Å². The van der Waals surface area contributed by atoms with Crippen molar-refractivity contribution >= 4 is 5.91 Å². The SMILES string of the molecule is COc1ccc(C2CN(C(=O)COCc3ccccc3)CC2(C)[C@H](C)O)cc1OC1CCC(C)CC1. The maximum Gasteiger partial charge on any atom is 0.248 e. The number of carbonyl (C=O) groups excluding carboxylic acids is 1. The number of likely N-dealkylation sites (tertiary alicyclic amines) is 1.